The van der Waals surface area contributed by atoms with Crippen LogP contribution in [-0.4, -0.2) is 22.7 Å². The molecule has 0 bridgehead atoms. The minimum atomic E-state index is -0.380. The molecule has 0 saturated heterocycles. The van der Waals surface area contributed by atoms with E-state index >= 15 is 0 Å². The number of anilines is 3. The molecule has 122 valence electrons. The number of amides is 1. The Labute approximate surface area is 141 Å². The van der Waals surface area contributed by atoms with Crippen LogP contribution in [0.1, 0.15) is 13.0 Å². The van der Waals surface area contributed by atoms with Crippen LogP contribution in [0.5, 0.6) is 0 Å². The Morgan fingerprint density at radius 2 is 1.79 bits per heavy atom. The van der Waals surface area contributed by atoms with Crippen LogP contribution in [0.4, 0.5) is 17.1 Å². The van der Waals surface area contributed by atoms with Crippen molar-refractivity contribution in [1.82, 2.24) is 9.78 Å². The predicted octanol–water partition coefficient (Wildman–Crippen LogP) is 3.85. The molecule has 0 aliphatic carbocycles. The van der Waals surface area contributed by atoms with Gasteiger partial charge in [0.25, 0.3) is 0 Å². The van der Waals surface area contributed by atoms with Crippen molar-refractivity contribution in [3.63, 3.8) is 0 Å². The van der Waals surface area contributed by atoms with Gasteiger partial charge in [0, 0.05) is 25.1 Å². The number of benzene rings is 2. The van der Waals surface area contributed by atoms with E-state index in [9.17, 15) is 4.79 Å². The average molecular weight is 320 g/mol. The molecule has 2 aromatic carbocycles. The Bertz CT molecular complexity index is 799. The van der Waals surface area contributed by atoms with Crippen molar-refractivity contribution < 1.29 is 4.79 Å². The van der Waals surface area contributed by atoms with Gasteiger partial charge in [0.15, 0.2) is 0 Å². The van der Waals surface area contributed by atoms with Crippen molar-refractivity contribution >= 4 is 23.0 Å². The van der Waals surface area contributed by atoms with Crippen molar-refractivity contribution in [2.75, 3.05) is 17.3 Å². The molecule has 0 unspecified atom stereocenters. The summed E-state index contributed by atoms with van der Waals surface area (Å²) in [7, 11) is 1.98. The summed E-state index contributed by atoms with van der Waals surface area (Å²) in [4.78, 5) is 14.6. The highest BCUT2D eigenvalue weighted by atomic mass is 16.2. The van der Waals surface area contributed by atoms with E-state index in [1.165, 1.54) is 0 Å². The third-order valence-corrected chi connectivity index (χ3v) is 3.97. The largest absolute Gasteiger partial charge is 0.343 e. The molecule has 1 amide bonds. The molecule has 5 heteroatoms. The molecular formula is C19H20N4O. The smallest absolute Gasteiger partial charge is 0.249 e. The van der Waals surface area contributed by atoms with Crippen molar-refractivity contribution in [1.29, 1.82) is 0 Å². The van der Waals surface area contributed by atoms with Crippen LogP contribution in [0.3, 0.4) is 0 Å². The first kappa shape index (κ1) is 15.8. The fraction of sp³-hybridized carbons (Fsp3) is 0.158. The summed E-state index contributed by atoms with van der Waals surface area (Å²) < 4.78 is 1.64. The highest BCUT2D eigenvalue weighted by Gasteiger charge is 2.17. The van der Waals surface area contributed by atoms with Gasteiger partial charge in [-0.3, -0.25) is 9.48 Å². The number of para-hydroxylation sites is 3. The highest BCUT2D eigenvalue weighted by molar-refractivity contribution is 5.97. The van der Waals surface area contributed by atoms with Gasteiger partial charge >= 0.3 is 0 Å². The van der Waals surface area contributed by atoms with Crippen LogP contribution in [-0.2, 0) is 4.79 Å². The standard InChI is InChI=1S/C19H20N4O/c1-15(23-14-8-13-20-23)19(24)21-17-11-6-7-12-18(17)22(2)16-9-4-3-5-10-16/h3-15H,1-2H3,(H,21,24)/t15-/m0/s1. The third kappa shape index (κ3) is 3.30. The second-order valence-electron chi connectivity index (χ2n) is 5.56. The molecule has 1 N–H and O–H groups in total. The molecule has 1 atom stereocenters. The number of carbonyl (C=O) groups is 1. The monoisotopic (exact) mass is 320 g/mol. The molecule has 24 heavy (non-hydrogen) atoms. The summed E-state index contributed by atoms with van der Waals surface area (Å²) in [6.45, 7) is 1.83. The van der Waals surface area contributed by atoms with Crippen molar-refractivity contribution in [3.05, 3.63) is 73.1 Å². The van der Waals surface area contributed by atoms with Gasteiger partial charge in [-0.25, -0.2) is 0 Å². The lowest BCUT2D eigenvalue weighted by atomic mass is 10.2. The van der Waals surface area contributed by atoms with Gasteiger partial charge in [0.2, 0.25) is 5.91 Å². The lowest BCUT2D eigenvalue weighted by molar-refractivity contribution is -0.119. The summed E-state index contributed by atoms with van der Waals surface area (Å²) in [5, 5.41) is 7.14. The van der Waals surface area contributed by atoms with E-state index in [1.807, 2.05) is 73.5 Å². The molecule has 0 aliphatic rings. The van der Waals surface area contributed by atoms with Crippen LogP contribution in [0, 0.1) is 0 Å². The quantitative estimate of drug-likeness (QED) is 0.777. The van der Waals surface area contributed by atoms with Crippen LogP contribution >= 0.6 is 0 Å². The number of carbonyl (C=O) groups excluding carboxylic acids is 1. The highest BCUT2D eigenvalue weighted by Crippen LogP contribution is 2.30. The van der Waals surface area contributed by atoms with Crippen molar-refractivity contribution in [2.45, 2.75) is 13.0 Å². The van der Waals surface area contributed by atoms with Gasteiger partial charge in [0.05, 0.1) is 11.4 Å². The minimum absolute atomic E-state index is 0.104. The first-order chi connectivity index (χ1) is 11.7. The zero-order chi connectivity index (χ0) is 16.9. The van der Waals surface area contributed by atoms with Gasteiger partial charge in [0.1, 0.15) is 6.04 Å². The Morgan fingerprint density at radius 3 is 2.50 bits per heavy atom. The molecular weight excluding hydrogens is 300 g/mol. The predicted molar refractivity (Wildman–Crippen MR) is 96.5 cm³/mol. The number of hydrogen-bond donors (Lipinski definition) is 1. The lowest BCUT2D eigenvalue weighted by Crippen LogP contribution is -2.25. The molecule has 5 nitrogen and oxygen atoms in total. The van der Waals surface area contributed by atoms with Gasteiger partial charge in [-0.2, -0.15) is 5.10 Å². The average Bonchev–Trinajstić information content (AvgIpc) is 3.16. The molecule has 0 spiro atoms. The van der Waals surface area contributed by atoms with Crippen LogP contribution in [0.25, 0.3) is 0 Å². The number of rotatable bonds is 5. The minimum Gasteiger partial charge on any atom is -0.343 e. The molecule has 0 fully saturated rings. The summed E-state index contributed by atoms with van der Waals surface area (Å²) in [6, 6.07) is 19.2. The van der Waals surface area contributed by atoms with E-state index in [-0.39, 0.29) is 11.9 Å². The number of nitrogens with one attached hydrogen (secondary N) is 1. The number of hydrogen-bond acceptors (Lipinski definition) is 3. The normalized spacial score (nSPS) is 11.8. The maximum Gasteiger partial charge on any atom is 0.249 e. The third-order valence-electron chi connectivity index (χ3n) is 3.97. The Kier molecular flexibility index (Phi) is 4.61. The first-order valence-electron chi connectivity index (χ1n) is 7.84. The Balaban J connectivity index is 1.83. The Morgan fingerprint density at radius 1 is 1.08 bits per heavy atom. The maximum atomic E-state index is 12.5. The second-order valence-corrected chi connectivity index (χ2v) is 5.56. The van der Waals surface area contributed by atoms with Crippen LogP contribution in [0.2, 0.25) is 0 Å². The first-order valence-corrected chi connectivity index (χ1v) is 7.84. The van der Waals surface area contributed by atoms with E-state index in [0.29, 0.717) is 0 Å². The second kappa shape index (κ2) is 7.00. The zero-order valence-corrected chi connectivity index (χ0v) is 13.8. The van der Waals surface area contributed by atoms with E-state index in [4.69, 9.17) is 0 Å². The van der Waals surface area contributed by atoms with Gasteiger partial charge in [-0.15, -0.1) is 0 Å². The molecule has 3 aromatic rings. The SMILES string of the molecule is C[C@@H](C(=O)Nc1ccccc1N(C)c1ccccc1)n1cccn1. The summed E-state index contributed by atoms with van der Waals surface area (Å²) >= 11 is 0. The van der Waals surface area contributed by atoms with Crippen molar-refractivity contribution in [3.8, 4) is 0 Å². The molecule has 3 rings (SSSR count). The summed E-state index contributed by atoms with van der Waals surface area (Å²) in [5.41, 5.74) is 2.76. The molecule has 1 aromatic heterocycles. The molecule has 0 radical (unpaired) electrons. The van der Waals surface area contributed by atoms with E-state index in [2.05, 4.69) is 10.4 Å². The molecule has 0 aliphatic heterocycles. The summed E-state index contributed by atoms with van der Waals surface area (Å²) in [5.74, 6) is -0.104. The fourth-order valence-corrected chi connectivity index (χ4v) is 2.53. The maximum absolute atomic E-state index is 12.5. The summed E-state index contributed by atoms with van der Waals surface area (Å²) in [6.07, 6.45) is 3.45. The van der Waals surface area contributed by atoms with Gasteiger partial charge < -0.3 is 10.2 Å². The van der Waals surface area contributed by atoms with E-state index in [0.717, 1.165) is 17.1 Å². The molecule has 0 saturated carbocycles. The van der Waals surface area contributed by atoms with Crippen molar-refractivity contribution in [2.24, 2.45) is 0 Å². The topological polar surface area (TPSA) is 50.2 Å². The van der Waals surface area contributed by atoms with Crippen LogP contribution < -0.4 is 10.2 Å². The number of aromatic nitrogens is 2. The van der Waals surface area contributed by atoms with E-state index < -0.39 is 0 Å². The van der Waals surface area contributed by atoms with Crippen LogP contribution in [0.15, 0.2) is 73.1 Å². The van der Waals surface area contributed by atoms with Gasteiger partial charge in [-0.1, -0.05) is 30.3 Å². The van der Waals surface area contributed by atoms with Gasteiger partial charge in [-0.05, 0) is 37.3 Å². The lowest BCUT2D eigenvalue weighted by Gasteiger charge is -2.23. The zero-order valence-electron chi connectivity index (χ0n) is 13.8. The fourth-order valence-electron chi connectivity index (χ4n) is 2.53. The number of nitrogens with zero attached hydrogens (tertiary/aromatic N) is 3. The Hall–Kier alpha value is -3.08. The molecule has 1 heterocycles. The van der Waals surface area contributed by atoms with E-state index in [1.54, 1.807) is 23.1 Å².